The number of hydrogen-bond acceptors (Lipinski definition) is 5. The zero-order valence-electron chi connectivity index (χ0n) is 9.27. The van der Waals surface area contributed by atoms with Crippen molar-refractivity contribution in [3.8, 4) is 0 Å². The molecule has 0 radical (unpaired) electrons. The summed E-state index contributed by atoms with van der Waals surface area (Å²) in [6.07, 6.45) is 3.30. The molecule has 0 saturated carbocycles. The Kier molecular flexibility index (Phi) is 3.90. The Labute approximate surface area is 98.6 Å². The molecule has 16 heavy (non-hydrogen) atoms. The third-order valence-electron chi connectivity index (χ3n) is 2.50. The van der Waals surface area contributed by atoms with Crippen LogP contribution in [0.15, 0.2) is 5.38 Å². The summed E-state index contributed by atoms with van der Waals surface area (Å²) in [6, 6.07) is 0. The van der Waals surface area contributed by atoms with Crippen molar-refractivity contribution in [3.63, 3.8) is 0 Å². The van der Waals surface area contributed by atoms with Gasteiger partial charge in [-0.1, -0.05) is 0 Å². The molecular weight excluding hydrogens is 226 g/mol. The van der Waals surface area contributed by atoms with Gasteiger partial charge in [0, 0.05) is 12.0 Å². The highest BCUT2D eigenvalue weighted by Gasteiger charge is 2.17. The fraction of sp³-hybridized carbons (Fsp3) is 0.636. The minimum absolute atomic E-state index is 0.0671. The number of aromatic nitrogens is 1. The highest BCUT2D eigenvalue weighted by Crippen LogP contribution is 2.14. The molecule has 0 bridgehead atoms. The van der Waals surface area contributed by atoms with E-state index in [4.69, 9.17) is 9.47 Å². The van der Waals surface area contributed by atoms with E-state index < -0.39 is 0 Å². The number of carbonyl (C=O) groups is 1. The van der Waals surface area contributed by atoms with E-state index in [0.29, 0.717) is 12.3 Å². The number of hydrogen-bond donors (Lipinski definition) is 0. The van der Waals surface area contributed by atoms with Gasteiger partial charge in [-0.05, 0) is 26.2 Å². The van der Waals surface area contributed by atoms with E-state index in [2.05, 4.69) is 4.98 Å². The Morgan fingerprint density at radius 3 is 3.19 bits per heavy atom. The maximum absolute atomic E-state index is 11.6. The Morgan fingerprint density at radius 1 is 1.69 bits per heavy atom. The van der Waals surface area contributed by atoms with Gasteiger partial charge in [-0.15, -0.1) is 11.3 Å². The maximum Gasteiger partial charge on any atom is 0.357 e. The third-order valence-corrected chi connectivity index (χ3v) is 3.28. The van der Waals surface area contributed by atoms with E-state index >= 15 is 0 Å². The summed E-state index contributed by atoms with van der Waals surface area (Å²) in [4.78, 5) is 15.6. The molecule has 88 valence electrons. The smallest absolute Gasteiger partial charge is 0.357 e. The summed E-state index contributed by atoms with van der Waals surface area (Å²) in [6.45, 7) is 2.99. The molecule has 1 atom stereocenters. The van der Waals surface area contributed by atoms with Crippen LogP contribution in [0.25, 0.3) is 0 Å². The van der Waals surface area contributed by atoms with Gasteiger partial charge in [0.05, 0.1) is 11.1 Å². The van der Waals surface area contributed by atoms with Crippen molar-refractivity contribution in [2.75, 3.05) is 13.2 Å². The van der Waals surface area contributed by atoms with E-state index in [-0.39, 0.29) is 12.1 Å². The lowest BCUT2D eigenvalue weighted by atomic mass is 10.1. The summed E-state index contributed by atoms with van der Waals surface area (Å²) in [5, 5.41) is 2.60. The Bertz CT molecular complexity index is 358. The summed E-state index contributed by atoms with van der Waals surface area (Å²) >= 11 is 1.45. The molecule has 1 saturated heterocycles. The molecule has 1 aromatic rings. The quantitative estimate of drug-likeness (QED) is 0.761. The average molecular weight is 241 g/mol. The molecule has 5 heteroatoms. The zero-order chi connectivity index (χ0) is 11.4. The lowest BCUT2D eigenvalue weighted by molar-refractivity contribution is -0.0302. The van der Waals surface area contributed by atoms with Crippen molar-refractivity contribution >= 4 is 17.3 Å². The molecule has 0 unspecified atom stereocenters. The van der Waals surface area contributed by atoms with Crippen LogP contribution in [0.5, 0.6) is 0 Å². The zero-order valence-corrected chi connectivity index (χ0v) is 10.1. The maximum atomic E-state index is 11.6. The van der Waals surface area contributed by atoms with Crippen molar-refractivity contribution < 1.29 is 14.3 Å². The molecule has 2 rings (SSSR count). The van der Waals surface area contributed by atoms with Crippen LogP contribution in [0.2, 0.25) is 0 Å². The number of thiazole rings is 1. The second-order valence-corrected chi connectivity index (χ2v) is 4.90. The van der Waals surface area contributed by atoms with Gasteiger partial charge in [0.2, 0.25) is 0 Å². The van der Waals surface area contributed by atoms with Crippen LogP contribution in [-0.4, -0.2) is 30.3 Å². The molecule has 0 aliphatic carbocycles. The first-order valence-electron chi connectivity index (χ1n) is 5.46. The van der Waals surface area contributed by atoms with Gasteiger partial charge >= 0.3 is 5.97 Å². The molecule has 1 aromatic heterocycles. The largest absolute Gasteiger partial charge is 0.458 e. The molecule has 1 aliphatic heterocycles. The predicted octanol–water partition coefficient (Wildman–Crippen LogP) is 2.18. The lowest BCUT2D eigenvalue weighted by Gasteiger charge is -2.21. The molecule has 1 aliphatic rings. The van der Waals surface area contributed by atoms with E-state index in [0.717, 1.165) is 30.9 Å². The third kappa shape index (κ3) is 3.02. The number of carbonyl (C=O) groups excluding carboxylic acids is 1. The van der Waals surface area contributed by atoms with Crippen LogP contribution < -0.4 is 0 Å². The minimum Gasteiger partial charge on any atom is -0.458 e. The predicted molar refractivity (Wildman–Crippen MR) is 60.7 cm³/mol. The Morgan fingerprint density at radius 2 is 2.56 bits per heavy atom. The van der Waals surface area contributed by atoms with Gasteiger partial charge < -0.3 is 9.47 Å². The van der Waals surface area contributed by atoms with Crippen molar-refractivity contribution in [1.82, 2.24) is 4.98 Å². The fourth-order valence-corrected chi connectivity index (χ4v) is 2.22. The first-order chi connectivity index (χ1) is 7.75. The number of rotatable bonds is 3. The molecule has 2 heterocycles. The first kappa shape index (κ1) is 11.5. The second-order valence-electron chi connectivity index (χ2n) is 3.84. The van der Waals surface area contributed by atoms with Gasteiger partial charge in [-0.2, -0.15) is 0 Å². The lowest BCUT2D eigenvalue weighted by Crippen LogP contribution is -2.26. The molecule has 4 nitrogen and oxygen atoms in total. The van der Waals surface area contributed by atoms with Crippen molar-refractivity contribution in [3.05, 3.63) is 16.1 Å². The fourth-order valence-electron chi connectivity index (χ4n) is 1.64. The van der Waals surface area contributed by atoms with Gasteiger partial charge in [-0.3, -0.25) is 0 Å². The van der Waals surface area contributed by atoms with Crippen LogP contribution in [0.1, 0.15) is 34.8 Å². The van der Waals surface area contributed by atoms with Crippen molar-refractivity contribution in [2.24, 2.45) is 0 Å². The molecule has 0 N–H and O–H groups in total. The SMILES string of the molecule is Cc1nc(C(=O)OC[C@@H]2CCCCO2)cs1. The van der Waals surface area contributed by atoms with Gasteiger partial charge in [0.1, 0.15) is 6.61 Å². The van der Waals surface area contributed by atoms with Crippen LogP contribution in [-0.2, 0) is 9.47 Å². The van der Waals surface area contributed by atoms with Crippen LogP contribution >= 0.6 is 11.3 Å². The number of esters is 1. The summed E-state index contributed by atoms with van der Waals surface area (Å²) < 4.78 is 10.6. The van der Waals surface area contributed by atoms with Crippen molar-refractivity contribution in [1.29, 1.82) is 0 Å². The van der Waals surface area contributed by atoms with E-state index in [1.165, 1.54) is 11.3 Å². The first-order valence-corrected chi connectivity index (χ1v) is 6.34. The van der Waals surface area contributed by atoms with Crippen LogP contribution in [0, 0.1) is 6.92 Å². The Hall–Kier alpha value is -0.940. The van der Waals surface area contributed by atoms with E-state index in [1.54, 1.807) is 5.38 Å². The van der Waals surface area contributed by atoms with Gasteiger partial charge in [-0.25, -0.2) is 9.78 Å². The molecule has 0 spiro atoms. The minimum atomic E-state index is -0.349. The van der Waals surface area contributed by atoms with Gasteiger partial charge in [0.15, 0.2) is 5.69 Å². The molecular formula is C11H15NO3S. The summed E-state index contributed by atoms with van der Waals surface area (Å²) in [7, 11) is 0. The molecule has 0 amide bonds. The number of aryl methyl sites for hydroxylation is 1. The summed E-state index contributed by atoms with van der Waals surface area (Å²) in [5.41, 5.74) is 0.401. The normalized spacial score (nSPS) is 20.7. The summed E-state index contributed by atoms with van der Waals surface area (Å²) in [5.74, 6) is -0.349. The van der Waals surface area contributed by atoms with Crippen LogP contribution in [0.3, 0.4) is 0 Å². The molecule has 1 fully saturated rings. The second kappa shape index (κ2) is 5.41. The van der Waals surface area contributed by atoms with Crippen molar-refractivity contribution in [2.45, 2.75) is 32.3 Å². The number of ether oxygens (including phenoxy) is 2. The standard InChI is InChI=1S/C11H15NO3S/c1-8-12-10(7-16-8)11(13)15-6-9-4-2-3-5-14-9/h7,9H,2-6H2,1H3/t9-/m0/s1. The highest BCUT2D eigenvalue weighted by molar-refractivity contribution is 7.09. The van der Waals surface area contributed by atoms with E-state index in [9.17, 15) is 4.79 Å². The highest BCUT2D eigenvalue weighted by atomic mass is 32.1. The monoisotopic (exact) mass is 241 g/mol. The van der Waals surface area contributed by atoms with Gasteiger partial charge in [0.25, 0.3) is 0 Å². The van der Waals surface area contributed by atoms with Crippen LogP contribution in [0.4, 0.5) is 0 Å². The van der Waals surface area contributed by atoms with E-state index in [1.807, 2.05) is 6.92 Å². The topological polar surface area (TPSA) is 48.4 Å². The Balaban J connectivity index is 1.79. The average Bonchev–Trinajstić information content (AvgIpc) is 2.74. The number of nitrogens with zero attached hydrogens (tertiary/aromatic N) is 1. The molecule has 0 aromatic carbocycles.